The summed E-state index contributed by atoms with van der Waals surface area (Å²) >= 11 is 0. The van der Waals surface area contributed by atoms with E-state index in [4.69, 9.17) is 0 Å². The molecule has 1 aromatic heterocycles. The molecule has 2 aromatic rings. The van der Waals surface area contributed by atoms with E-state index in [0.717, 1.165) is 22.9 Å². The van der Waals surface area contributed by atoms with Crippen LogP contribution in [0.3, 0.4) is 0 Å². The zero-order chi connectivity index (χ0) is 11.4. The Hall–Kier alpha value is -1.47. The maximum atomic E-state index is 10.1. The third-order valence-electron chi connectivity index (χ3n) is 2.40. The Bertz CT molecular complexity index is 600. The molecule has 2 rings (SSSR count). The molecule has 4 nitrogen and oxygen atoms in total. The molecule has 0 amide bonds. The summed E-state index contributed by atoms with van der Waals surface area (Å²) in [6, 6.07) is 5.23. The normalized spacial score (nSPS) is 10.2. The summed E-state index contributed by atoms with van der Waals surface area (Å²) in [4.78, 5) is 3.13. The van der Waals surface area contributed by atoms with Gasteiger partial charge >= 0.3 is 93.2 Å². The van der Waals surface area contributed by atoms with Gasteiger partial charge in [-0.25, -0.2) is 0 Å². The number of hydrogen-bond acceptors (Lipinski definition) is 3. The SMILES string of the molecule is O=P#CNCCc1c[nH]c2ccc(O)cc12. The third-order valence-corrected chi connectivity index (χ3v) is 2.64. The predicted octanol–water partition coefficient (Wildman–Crippen LogP) is 2.21. The number of nitrogens with one attached hydrogen (secondary N) is 2. The zero-order valence-corrected chi connectivity index (χ0v) is 9.42. The van der Waals surface area contributed by atoms with Crippen molar-refractivity contribution in [1.82, 2.24) is 10.3 Å². The van der Waals surface area contributed by atoms with E-state index in [1.807, 2.05) is 12.3 Å². The first kappa shape index (κ1) is 11.0. The molecule has 0 aliphatic rings. The van der Waals surface area contributed by atoms with E-state index < -0.39 is 0 Å². The van der Waals surface area contributed by atoms with Crippen LogP contribution in [0.25, 0.3) is 10.9 Å². The van der Waals surface area contributed by atoms with Crippen molar-refractivity contribution in [1.29, 1.82) is 0 Å². The van der Waals surface area contributed by atoms with Gasteiger partial charge in [-0.1, -0.05) is 0 Å². The number of rotatable bonds is 3. The van der Waals surface area contributed by atoms with Crippen LogP contribution in [0, 0.1) is 5.75 Å². The number of aromatic hydroxyl groups is 1. The van der Waals surface area contributed by atoms with Gasteiger partial charge in [0, 0.05) is 0 Å². The van der Waals surface area contributed by atoms with Crippen molar-refractivity contribution in [3.63, 3.8) is 0 Å². The minimum absolute atomic E-state index is 0.130. The number of phenolic OH excluding ortho intramolecular Hbond substituents is 1. The van der Waals surface area contributed by atoms with Gasteiger partial charge in [-0.05, 0) is 0 Å². The Morgan fingerprint density at radius 1 is 1.50 bits per heavy atom. The molecule has 1 heterocycles. The Balaban J connectivity index is 2.19. The Morgan fingerprint density at radius 3 is 3.19 bits per heavy atom. The van der Waals surface area contributed by atoms with Gasteiger partial charge in [0.1, 0.15) is 0 Å². The second kappa shape index (κ2) is 5.04. The van der Waals surface area contributed by atoms with Gasteiger partial charge in [-0.3, -0.25) is 0 Å². The maximum absolute atomic E-state index is 10.1. The van der Waals surface area contributed by atoms with Crippen LogP contribution in [-0.2, 0) is 11.0 Å². The fourth-order valence-corrected chi connectivity index (χ4v) is 1.83. The Labute approximate surface area is 93.8 Å². The molecule has 3 N–H and O–H groups in total. The molecule has 0 radical (unpaired) electrons. The summed E-state index contributed by atoms with van der Waals surface area (Å²) in [7, 11) is -0.130. The average Bonchev–Trinajstić information content (AvgIpc) is 2.67. The topological polar surface area (TPSA) is 65.1 Å². The predicted molar refractivity (Wildman–Crippen MR) is 63.2 cm³/mol. The summed E-state index contributed by atoms with van der Waals surface area (Å²) in [5.41, 5.74) is 2.12. The van der Waals surface area contributed by atoms with E-state index in [1.54, 1.807) is 12.1 Å². The van der Waals surface area contributed by atoms with Crippen molar-refractivity contribution >= 4 is 18.8 Å². The van der Waals surface area contributed by atoms with Crippen molar-refractivity contribution in [3.05, 3.63) is 30.0 Å². The summed E-state index contributed by atoms with van der Waals surface area (Å²) in [5.74, 6) is 2.74. The molecule has 0 atom stereocenters. The Morgan fingerprint density at radius 2 is 2.38 bits per heavy atom. The molecule has 0 saturated heterocycles. The van der Waals surface area contributed by atoms with Gasteiger partial charge < -0.3 is 0 Å². The van der Waals surface area contributed by atoms with Crippen molar-refractivity contribution < 1.29 is 9.67 Å². The zero-order valence-electron chi connectivity index (χ0n) is 8.53. The van der Waals surface area contributed by atoms with E-state index in [2.05, 4.69) is 16.1 Å². The fourth-order valence-electron chi connectivity index (χ4n) is 1.66. The average molecular weight is 234 g/mol. The standard InChI is InChI=1S/C11H11N2O2P/c14-9-1-2-11-10(5-9)8(6-13-11)3-4-12-7-16-15/h1-2,5-6,12-14H,3-4H2. The minimum atomic E-state index is -0.130. The number of benzene rings is 1. The summed E-state index contributed by atoms with van der Waals surface area (Å²) in [5, 5.41) is 13.2. The summed E-state index contributed by atoms with van der Waals surface area (Å²) < 4.78 is 10.1. The Kier molecular flexibility index (Phi) is 3.47. The number of fused-ring (bicyclic) bond motifs is 1. The molecule has 0 fully saturated rings. The molecule has 0 unspecified atom stereocenters. The van der Waals surface area contributed by atoms with Crippen LogP contribution >= 0.6 is 7.92 Å². The molecule has 82 valence electrons. The molecule has 0 saturated carbocycles. The second-order valence-electron chi connectivity index (χ2n) is 3.42. The van der Waals surface area contributed by atoms with Crippen molar-refractivity contribution in [2.75, 3.05) is 6.54 Å². The van der Waals surface area contributed by atoms with Gasteiger partial charge in [0.05, 0.1) is 0 Å². The van der Waals surface area contributed by atoms with Crippen molar-refractivity contribution in [2.45, 2.75) is 6.42 Å². The molecule has 16 heavy (non-hydrogen) atoms. The van der Waals surface area contributed by atoms with Gasteiger partial charge in [0.25, 0.3) is 0 Å². The molecular formula is C11H11N2O2P. The molecular weight excluding hydrogens is 223 g/mol. The van der Waals surface area contributed by atoms with E-state index in [1.165, 1.54) is 0 Å². The van der Waals surface area contributed by atoms with Gasteiger partial charge in [0.15, 0.2) is 0 Å². The molecule has 0 aliphatic carbocycles. The fraction of sp³-hybridized carbons (Fsp3) is 0.182. The van der Waals surface area contributed by atoms with E-state index in [-0.39, 0.29) is 13.7 Å². The number of hydrogen-bond donors (Lipinski definition) is 3. The number of aromatic amines is 1. The third kappa shape index (κ3) is 2.37. The van der Waals surface area contributed by atoms with Crippen molar-refractivity contribution in [2.24, 2.45) is 0 Å². The molecule has 1 aromatic carbocycles. The van der Waals surface area contributed by atoms with Gasteiger partial charge in [0.2, 0.25) is 0 Å². The number of H-pyrrole nitrogens is 1. The van der Waals surface area contributed by atoms with Crippen LogP contribution in [-0.4, -0.2) is 16.6 Å². The van der Waals surface area contributed by atoms with Crippen LogP contribution in [0.2, 0.25) is 0 Å². The van der Waals surface area contributed by atoms with Crippen LogP contribution in [0.1, 0.15) is 5.56 Å². The first-order chi connectivity index (χ1) is 7.81. The van der Waals surface area contributed by atoms with Crippen LogP contribution in [0.15, 0.2) is 24.4 Å². The quantitative estimate of drug-likeness (QED) is 0.433. The van der Waals surface area contributed by atoms with Crippen molar-refractivity contribution in [3.8, 4) is 11.5 Å². The number of phenols is 1. The van der Waals surface area contributed by atoms with Crippen LogP contribution < -0.4 is 5.32 Å². The van der Waals surface area contributed by atoms with Gasteiger partial charge in [-0.15, -0.1) is 0 Å². The number of aromatic nitrogens is 1. The molecule has 0 bridgehead atoms. The van der Waals surface area contributed by atoms with E-state index >= 15 is 0 Å². The van der Waals surface area contributed by atoms with E-state index in [0.29, 0.717) is 6.54 Å². The summed E-state index contributed by atoms with van der Waals surface area (Å²) in [6.07, 6.45) is 2.70. The molecule has 0 aliphatic heterocycles. The van der Waals surface area contributed by atoms with Crippen LogP contribution in [0.5, 0.6) is 5.75 Å². The first-order valence-electron chi connectivity index (χ1n) is 4.90. The van der Waals surface area contributed by atoms with Gasteiger partial charge in [-0.2, -0.15) is 0 Å². The first-order valence-corrected chi connectivity index (χ1v) is 5.71. The van der Waals surface area contributed by atoms with Crippen LogP contribution in [0.4, 0.5) is 0 Å². The summed E-state index contributed by atoms with van der Waals surface area (Å²) in [6.45, 7) is 0.665. The monoisotopic (exact) mass is 234 g/mol. The molecule has 0 spiro atoms. The molecule has 5 heteroatoms. The van der Waals surface area contributed by atoms with E-state index in [9.17, 15) is 9.67 Å². The second-order valence-corrected chi connectivity index (χ2v) is 3.83.